The lowest BCUT2D eigenvalue weighted by Crippen LogP contribution is -2.08. The van der Waals surface area contributed by atoms with E-state index in [1.54, 1.807) is 11.3 Å². The first-order valence-electron chi connectivity index (χ1n) is 5.01. The smallest absolute Gasteiger partial charge is 0.267 e. The molecule has 2 aromatic heterocycles. The Hall–Kier alpha value is -1.20. The maximum Gasteiger partial charge on any atom is 0.267 e. The maximum atomic E-state index is 5.24. The summed E-state index contributed by atoms with van der Waals surface area (Å²) in [5.41, 5.74) is 0. The molecule has 1 aliphatic rings. The van der Waals surface area contributed by atoms with Crippen molar-refractivity contribution in [1.82, 2.24) is 15.5 Å². The number of hydrogen-bond donors (Lipinski definition) is 1. The van der Waals surface area contributed by atoms with Crippen LogP contribution < -0.4 is 5.32 Å². The molecule has 4 nitrogen and oxygen atoms in total. The van der Waals surface area contributed by atoms with E-state index < -0.39 is 0 Å². The van der Waals surface area contributed by atoms with Crippen molar-refractivity contribution in [3.8, 4) is 10.8 Å². The molecular weight excluding hydrogens is 210 g/mol. The van der Waals surface area contributed by atoms with Crippen LogP contribution in [0.2, 0.25) is 0 Å². The van der Waals surface area contributed by atoms with Crippen LogP contribution in [-0.2, 0) is 0 Å². The van der Waals surface area contributed by atoms with Crippen LogP contribution >= 0.6 is 11.3 Å². The number of aromatic nitrogens is 2. The van der Waals surface area contributed by atoms with Gasteiger partial charge >= 0.3 is 0 Å². The van der Waals surface area contributed by atoms with Crippen molar-refractivity contribution in [3.05, 3.63) is 23.3 Å². The Morgan fingerprint density at radius 2 is 2.53 bits per heavy atom. The van der Waals surface area contributed by atoms with E-state index in [1.165, 1.54) is 0 Å². The fraction of sp³-hybridized carbons (Fsp3) is 0.400. The van der Waals surface area contributed by atoms with Gasteiger partial charge < -0.3 is 9.84 Å². The van der Waals surface area contributed by atoms with Crippen molar-refractivity contribution in [2.24, 2.45) is 0 Å². The SMILES string of the molecule is c1csc(-c2nc([C@H]3CCNC3)no2)c1. The lowest BCUT2D eigenvalue weighted by atomic mass is 10.1. The summed E-state index contributed by atoms with van der Waals surface area (Å²) in [6, 6.07) is 3.98. The van der Waals surface area contributed by atoms with Gasteiger partial charge in [-0.25, -0.2) is 0 Å². The van der Waals surface area contributed by atoms with E-state index in [1.807, 2.05) is 17.5 Å². The third-order valence-electron chi connectivity index (χ3n) is 2.60. The summed E-state index contributed by atoms with van der Waals surface area (Å²) in [4.78, 5) is 5.47. The fourth-order valence-corrected chi connectivity index (χ4v) is 2.42. The van der Waals surface area contributed by atoms with Gasteiger partial charge in [0.1, 0.15) is 0 Å². The van der Waals surface area contributed by atoms with E-state index >= 15 is 0 Å². The van der Waals surface area contributed by atoms with Crippen molar-refractivity contribution < 1.29 is 4.52 Å². The Morgan fingerprint density at radius 1 is 1.53 bits per heavy atom. The number of nitrogens with zero attached hydrogens (tertiary/aromatic N) is 2. The molecule has 1 saturated heterocycles. The quantitative estimate of drug-likeness (QED) is 0.841. The molecule has 1 atom stereocenters. The molecule has 0 aromatic carbocycles. The molecule has 0 spiro atoms. The zero-order valence-electron chi connectivity index (χ0n) is 8.14. The van der Waals surface area contributed by atoms with Crippen LogP contribution in [0.5, 0.6) is 0 Å². The zero-order chi connectivity index (χ0) is 10.1. The monoisotopic (exact) mass is 221 g/mol. The van der Waals surface area contributed by atoms with Gasteiger partial charge in [-0.15, -0.1) is 11.3 Å². The van der Waals surface area contributed by atoms with Crippen molar-refractivity contribution in [3.63, 3.8) is 0 Å². The Balaban J connectivity index is 1.87. The van der Waals surface area contributed by atoms with Crippen LogP contribution in [-0.4, -0.2) is 23.2 Å². The molecule has 5 heteroatoms. The molecule has 15 heavy (non-hydrogen) atoms. The molecule has 1 aliphatic heterocycles. The molecule has 0 unspecified atom stereocenters. The summed E-state index contributed by atoms with van der Waals surface area (Å²) in [7, 11) is 0. The van der Waals surface area contributed by atoms with Gasteiger partial charge in [0.15, 0.2) is 5.82 Å². The third kappa shape index (κ3) is 1.68. The summed E-state index contributed by atoms with van der Waals surface area (Å²) < 4.78 is 5.24. The van der Waals surface area contributed by atoms with Crippen LogP contribution in [0, 0.1) is 0 Å². The second-order valence-electron chi connectivity index (χ2n) is 3.62. The minimum Gasteiger partial charge on any atom is -0.333 e. The van der Waals surface area contributed by atoms with E-state index in [9.17, 15) is 0 Å². The largest absolute Gasteiger partial charge is 0.333 e. The predicted octanol–water partition coefficient (Wildman–Crippen LogP) is 1.87. The molecule has 0 bridgehead atoms. The summed E-state index contributed by atoms with van der Waals surface area (Å²) in [5, 5.41) is 9.34. The van der Waals surface area contributed by atoms with Crippen molar-refractivity contribution in [2.45, 2.75) is 12.3 Å². The van der Waals surface area contributed by atoms with Crippen LogP contribution in [0.3, 0.4) is 0 Å². The van der Waals surface area contributed by atoms with E-state index in [-0.39, 0.29) is 0 Å². The fourth-order valence-electron chi connectivity index (χ4n) is 1.78. The molecule has 3 rings (SSSR count). The highest BCUT2D eigenvalue weighted by Gasteiger charge is 2.22. The molecule has 78 valence electrons. The van der Waals surface area contributed by atoms with Gasteiger partial charge in [-0.3, -0.25) is 0 Å². The Kier molecular flexibility index (Phi) is 2.26. The first kappa shape index (κ1) is 9.06. The molecular formula is C10H11N3OS. The number of nitrogens with one attached hydrogen (secondary N) is 1. The maximum absolute atomic E-state index is 5.24. The lowest BCUT2D eigenvalue weighted by Gasteiger charge is -1.98. The summed E-state index contributed by atoms with van der Waals surface area (Å²) in [6.45, 7) is 2.01. The third-order valence-corrected chi connectivity index (χ3v) is 3.46. The van der Waals surface area contributed by atoms with Crippen LogP contribution in [0.25, 0.3) is 10.8 Å². The van der Waals surface area contributed by atoms with Crippen molar-refractivity contribution in [2.75, 3.05) is 13.1 Å². The van der Waals surface area contributed by atoms with Gasteiger partial charge in [-0.2, -0.15) is 4.98 Å². The van der Waals surface area contributed by atoms with E-state index in [2.05, 4.69) is 15.5 Å². The van der Waals surface area contributed by atoms with Gasteiger partial charge in [-0.05, 0) is 24.4 Å². The predicted molar refractivity (Wildman–Crippen MR) is 57.8 cm³/mol. The molecule has 1 fully saturated rings. The van der Waals surface area contributed by atoms with Crippen molar-refractivity contribution in [1.29, 1.82) is 0 Å². The minimum atomic E-state index is 0.419. The second-order valence-corrected chi connectivity index (χ2v) is 4.57. The van der Waals surface area contributed by atoms with E-state index in [0.29, 0.717) is 11.8 Å². The van der Waals surface area contributed by atoms with Gasteiger partial charge in [0, 0.05) is 12.5 Å². The van der Waals surface area contributed by atoms with E-state index in [4.69, 9.17) is 4.52 Å². The minimum absolute atomic E-state index is 0.419. The molecule has 2 aromatic rings. The molecule has 0 saturated carbocycles. The van der Waals surface area contributed by atoms with Crippen LogP contribution in [0.15, 0.2) is 22.0 Å². The normalized spacial score (nSPS) is 20.9. The summed E-state index contributed by atoms with van der Waals surface area (Å²) >= 11 is 1.62. The van der Waals surface area contributed by atoms with Crippen LogP contribution in [0.4, 0.5) is 0 Å². The average Bonchev–Trinajstić information content (AvgIpc) is 3.02. The number of hydrogen-bond acceptors (Lipinski definition) is 5. The molecule has 1 N–H and O–H groups in total. The highest BCUT2D eigenvalue weighted by molar-refractivity contribution is 7.13. The Labute approximate surface area is 91.3 Å². The van der Waals surface area contributed by atoms with E-state index in [0.717, 1.165) is 30.2 Å². The zero-order valence-corrected chi connectivity index (χ0v) is 8.96. The summed E-state index contributed by atoms with van der Waals surface area (Å²) in [5.74, 6) is 1.90. The van der Waals surface area contributed by atoms with Crippen LogP contribution in [0.1, 0.15) is 18.2 Å². The molecule has 0 radical (unpaired) electrons. The van der Waals surface area contributed by atoms with Gasteiger partial charge in [0.05, 0.1) is 4.88 Å². The average molecular weight is 221 g/mol. The number of thiophene rings is 1. The van der Waals surface area contributed by atoms with Gasteiger partial charge in [-0.1, -0.05) is 11.2 Å². The van der Waals surface area contributed by atoms with Gasteiger partial charge in [0.25, 0.3) is 5.89 Å². The molecule has 3 heterocycles. The highest BCUT2D eigenvalue weighted by atomic mass is 32.1. The summed E-state index contributed by atoms with van der Waals surface area (Å²) in [6.07, 6.45) is 1.10. The molecule has 0 amide bonds. The van der Waals surface area contributed by atoms with Crippen molar-refractivity contribution >= 4 is 11.3 Å². The first-order chi connectivity index (χ1) is 7.43. The lowest BCUT2D eigenvalue weighted by molar-refractivity contribution is 0.418. The Bertz CT molecular complexity index is 431. The highest BCUT2D eigenvalue weighted by Crippen LogP contribution is 2.26. The Morgan fingerprint density at radius 3 is 3.27 bits per heavy atom. The van der Waals surface area contributed by atoms with Gasteiger partial charge in [0.2, 0.25) is 0 Å². The standard InChI is InChI=1S/C10H11N3OS/c1-2-8(15-5-1)10-12-9(13-14-10)7-3-4-11-6-7/h1-2,5,7,11H,3-4,6H2/t7-/m0/s1. The second kappa shape index (κ2) is 3.75. The molecule has 0 aliphatic carbocycles. The topological polar surface area (TPSA) is 51.0 Å². The first-order valence-corrected chi connectivity index (χ1v) is 5.89. The number of rotatable bonds is 2.